The third-order valence-electron chi connectivity index (χ3n) is 3.01. The van der Waals surface area contributed by atoms with Gasteiger partial charge in [-0.05, 0) is 30.7 Å². The second-order valence-corrected chi connectivity index (χ2v) is 5.08. The summed E-state index contributed by atoms with van der Waals surface area (Å²) in [6, 6.07) is 7.17. The number of carbonyl (C=O) groups excluding carboxylic acids is 1. The Bertz CT molecular complexity index is 404. The first-order valence-corrected chi connectivity index (χ1v) is 7.23. The highest BCUT2D eigenvalue weighted by Gasteiger charge is 2.16. The van der Waals surface area contributed by atoms with Crippen LogP contribution >= 0.6 is 12.6 Å². The van der Waals surface area contributed by atoms with E-state index in [1.165, 1.54) is 0 Å². The summed E-state index contributed by atoms with van der Waals surface area (Å²) in [5.41, 5.74) is 0.478. The molecule has 3 nitrogen and oxygen atoms in total. The molecular weight excluding hydrogens is 260 g/mol. The topological polar surface area (TPSA) is 35.5 Å². The summed E-state index contributed by atoms with van der Waals surface area (Å²) in [6.45, 7) is 6.98. The summed E-state index contributed by atoms with van der Waals surface area (Å²) < 4.78 is 10.8. The minimum absolute atomic E-state index is 0.343. The molecule has 1 aromatic carbocycles. The first kappa shape index (κ1) is 15.9. The van der Waals surface area contributed by atoms with Gasteiger partial charge in [-0.3, -0.25) is 0 Å². The largest absolute Gasteiger partial charge is 0.492 e. The lowest BCUT2D eigenvalue weighted by atomic mass is 9.99. The summed E-state index contributed by atoms with van der Waals surface area (Å²) in [6.07, 6.45) is 0. The van der Waals surface area contributed by atoms with Crippen LogP contribution in [-0.4, -0.2) is 24.9 Å². The highest BCUT2D eigenvalue weighted by atomic mass is 32.1. The Morgan fingerprint density at radius 1 is 1.32 bits per heavy atom. The van der Waals surface area contributed by atoms with E-state index >= 15 is 0 Å². The number of hydrogen-bond donors (Lipinski definition) is 1. The molecule has 0 aliphatic carbocycles. The molecule has 4 heteroatoms. The highest BCUT2D eigenvalue weighted by Crippen LogP contribution is 2.21. The molecule has 0 saturated carbocycles. The molecular formula is C15H22O3S. The first-order chi connectivity index (χ1) is 9.10. The molecule has 19 heavy (non-hydrogen) atoms. The van der Waals surface area contributed by atoms with E-state index in [2.05, 4.69) is 26.5 Å². The molecule has 0 bridgehead atoms. The third kappa shape index (κ3) is 4.78. The van der Waals surface area contributed by atoms with Crippen molar-refractivity contribution in [3.05, 3.63) is 29.8 Å². The van der Waals surface area contributed by atoms with Crippen LogP contribution in [0.3, 0.4) is 0 Å². The summed E-state index contributed by atoms with van der Waals surface area (Å²) in [5.74, 6) is 1.85. The monoisotopic (exact) mass is 282 g/mol. The molecule has 0 spiro atoms. The van der Waals surface area contributed by atoms with Gasteiger partial charge in [-0.1, -0.05) is 26.0 Å². The molecule has 106 valence electrons. The fourth-order valence-corrected chi connectivity index (χ4v) is 2.15. The molecule has 1 atom stereocenters. The number of esters is 1. The van der Waals surface area contributed by atoms with Gasteiger partial charge < -0.3 is 9.47 Å². The fraction of sp³-hybridized carbons (Fsp3) is 0.533. The lowest BCUT2D eigenvalue weighted by molar-refractivity contribution is 0.0520. The van der Waals surface area contributed by atoms with Crippen LogP contribution in [0.1, 0.15) is 31.1 Å². The fourth-order valence-electron chi connectivity index (χ4n) is 1.62. The molecule has 0 aromatic heterocycles. The molecule has 1 aromatic rings. The van der Waals surface area contributed by atoms with Crippen molar-refractivity contribution >= 4 is 18.6 Å². The Labute approximate surface area is 120 Å². The van der Waals surface area contributed by atoms with Gasteiger partial charge in [0.15, 0.2) is 0 Å². The Morgan fingerprint density at radius 3 is 2.58 bits per heavy atom. The molecule has 0 fully saturated rings. The number of rotatable bonds is 7. The van der Waals surface area contributed by atoms with E-state index in [0.717, 1.165) is 5.75 Å². The quantitative estimate of drug-likeness (QED) is 0.614. The van der Waals surface area contributed by atoms with Crippen molar-refractivity contribution in [3.8, 4) is 5.75 Å². The number of benzene rings is 1. The zero-order chi connectivity index (χ0) is 14.3. The van der Waals surface area contributed by atoms with E-state index in [1.807, 2.05) is 6.07 Å². The van der Waals surface area contributed by atoms with Crippen molar-refractivity contribution < 1.29 is 14.3 Å². The minimum atomic E-state index is -0.343. The van der Waals surface area contributed by atoms with E-state index < -0.39 is 0 Å². The number of ether oxygens (including phenoxy) is 2. The van der Waals surface area contributed by atoms with Crippen molar-refractivity contribution in [3.63, 3.8) is 0 Å². The lowest BCUT2D eigenvalue weighted by Crippen LogP contribution is -2.20. The van der Waals surface area contributed by atoms with E-state index in [-0.39, 0.29) is 5.97 Å². The highest BCUT2D eigenvalue weighted by molar-refractivity contribution is 7.80. The second kappa shape index (κ2) is 8.10. The van der Waals surface area contributed by atoms with E-state index in [0.29, 0.717) is 36.4 Å². The number of hydrogen-bond acceptors (Lipinski definition) is 4. The van der Waals surface area contributed by atoms with Crippen molar-refractivity contribution in [1.82, 2.24) is 0 Å². The van der Waals surface area contributed by atoms with Crippen LogP contribution < -0.4 is 4.74 Å². The Morgan fingerprint density at radius 2 is 2.00 bits per heavy atom. The van der Waals surface area contributed by atoms with Crippen LogP contribution in [0.25, 0.3) is 0 Å². The Kier molecular flexibility index (Phi) is 6.78. The lowest BCUT2D eigenvalue weighted by Gasteiger charge is -2.19. The SMILES string of the molecule is CCOC(=O)c1ccccc1OCC(CS)C(C)C. The maximum atomic E-state index is 11.8. The Balaban J connectivity index is 2.75. The average molecular weight is 282 g/mol. The minimum Gasteiger partial charge on any atom is -0.492 e. The Hall–Kier alpha value is -1.16. The summed E-state index contributed by atoms with van der Waals surface area (Å²) in [7, 11) is 0. The second-order valence-electron chi connectivity index (χ2n) is 4.71. The number of para-hydroxylation sites is 1. The van der Waals surface area contributed by atoms with Crippen molar-refractivity contribution in [2.24, 2.45) is 11.8 Å². The standard InChI is InChI=1S/C15H22O3S/c1-4-17-15(16)13-7-5-6-8-14(13)18-9-12(10-19)11(2)3/h5-8,11-12,19H,4,9-10H2,1-3H3. The van der Waals surface area contributed by atoms with Crippen LogP contribution in [0, 0.1) is 11.8 Å². The van der Waals surface area contributed by atoms with Crippen LogP contribution in [-0.2, 0) is 4.74 Å². The van der Waals surface area contributed by atoms with Gasteiger partial charge in [0, 0.05) is 5.92 Å². The third-order valence-corrected chi connectivity index (χ3v) is 3.48. The molecule has 0 saturated heterocycles. The molecule has 0 radical (unpaired) electrons. The number of carbonyl (C=O) groups is 1. The summed E-state index contributed by atoms with van der Waals surface area (Å²) >= 11 is 4.33. The van der Waals surface area contributed by atoms with Crippen LogP contribution in [0.15, 0.2) is 24.3 Å². The smallest absolute Gasteiger partial charge is 0.341 e. The van der Waals surface area contributed by atoms with Gasteiger partial charge in [-0.15, -0.1) is 0 Å². The summed E-state index contributed by atoms with van der Waals surface area (Å²) in [4.78, 5) is 11.8. The predicted octanol–water partition coefficient (Wildman–Crippen LogP) is 3.44. The van der Waals surface area contributed by atoms with Gasteiger partial charge >= 0.3 is 5.97 Å². The molecule has 0 aliphatic heterocycles. The predicted molar refractivity (Wildman–Crippen MR) is 80.1 cm³/mol. The van der Waals surface area contributed by atoms with E-state index in [1.54, 1.807) is 25.1 Å². The van der Waals surface area contributed by atoms with Gasteiger partial charge in [-0.2, -0.15) is 12.6 Å². The molecule has 1 rings (SSSR count). The maximum absolute atomic E-state index is 11.8. The van der Waals surface area contributed by atoms with Crippen molar-refractivity contribution in [2.75, 3.05) is 19.0 Å². The van der Waals surface area contributed by atoms with Crippen molar-refractivity contribution in [1.29, 1.82) is 0 Å². The molecule has 0 heterocycles. The van der Waals surface area contributed by atoms with Crippen LogP contribution in [0.4, 0.5) is 0 Å². The molecule has 1 unspecified atom stereocenters. The van der Waals surface area contributed by atoms with Crippen LogP contribution in [0.5, 0.6) is 5.75 Å². The van der Waals surface area contributed by atoms with E-state index in [9.17, 15) is 4.79 Å². The normalized spacial score (nSPS) is 12.3. The van der Waals surface area contributed by atoms with Gasteiger partial charge in [0.05, 0.1) is 13.2 Å². The molecule has 0 amide bonds. The van der Waals surface area contributed by atoms with Gasteiger partial charge in [0.25, 0.3) is 0 Å². The van der Waals surface area contributed by atoms with Crippen molar-refractivity contribution in [2.45, 2.75) is 20.8 Å². The number of thiol groups is 1. The first-order valence-electron chi connectivity index (χ1n) is 6.59. The zero-order valence-corrected chi connectivity index (χ0v) is 12.7. The zero-order valence-electron chi connectivity index (χ0n) is 11.8. The molecule has 0 aliphatic rings. The van der Waals surface area contributed by atoms with Gasteiger partial charge in [0.2, 0.25) is 0 Å². The van der Waals surface area contributed by atoms with Gasteiger partial charge in [-0.25, -0.2) is 4.79 Å². The maximum Gasteiger partial charge on any atom is 0.341 e. The van der Waals surface area contributed by atoms with Crippen LogP contribution in [0.2, 0.25) is 0 Å². The van der Waals surface area contributed by atoms with Gasteiger partial charge in [0.1, 0.15) is 11.3 Å². The van der Waals surface area contributed by atoms with E-state index in [4.69, 9.17) is 9.47 Å². The summed E-state index contributed by atoms with van der Waals surface area (Å²) in [5, 5.41) is 0. The molecule has 0 N–H and O–H groups in total. The average Bonchev–Trinajstić information content (AvgIpc) is 2.39.